The zero-order valence-corrected chi connectivity index (χ0v) is 6.84. The molecule has 4 nitrogen and oxygen atoms in total. The number of carbonyl (C=O) groups is 1. The van der Waals surface area contributed by atoms with E-state index < -0.39 is 5.97 Å². The van der Waals surface area contributed by atoms with Crippen molar-refractivity contribution in [1.82, 2.24) is 9.55 Å². The van der Waals surface area contributed by atoms with E-state index in [1.807, 2.05) is 6.08 Å². The largest absolute Gasteiger partial charge is 0.478 e. The number of carboxylic acid groups (broad SMARTS) is 1. The molecule has 1 aromatic rings. The summed E-state index contributed by atoms with van der Waals surface area (Å²) in [6, 6.07) is 0. The van der Waals surface area contributed by atoms with Gasteiger partial charge in [-0.3, -0.25) is 0 Å². The van der Waals surface area contributed by atoms with Gasteiger partial charge in [-0.2, -0.15) is 0 Å². The lowest BCUT2D eigenvalue weighted by molar-refractivity contribution is -0.130. The molecule has 0 amide bonds. The van der Waals surface area contributed by atoms with E-state index in [1.54, 1.807) is 29.1 Å². The number of aromatic nitrogens is 2. The molecule has 4 heteroatoms. The summed E-state index contributed by atoms with van der Waals surface area (Å²) in [4.78, 5) is 14.8. The van der Waals surface area contributed by atoms with Crippen LogP contribution in [0.25, 0.3) is 5.57 Å². The third-order valence-corrected chi connectivity index (χ3v) is 1.89. The standard InChI is InChI=1S/C9H8N2O2/c12-9(13)7-3-1-2-5-11-6-4-10-8(7)11/h1-4,6H,5H2,(H,12,13). The molecule has 13 heavy (non-hydrogen) atoms. The third kappa shape index (κ3) is 1.26. The molecule has 0 aromatic carbocycles. The van der Waals surface area contributed by atoms with Crippen molar-refractivity contribution in [2.24, 2.45) is 0 Å². The summed E-state index contributed by atoms with van der Waals surface area (Å²) < 4.78 is 1.80. The molecule has 1 N–H and O–H groups in total. The summed E-state index contributed by atoms with van der Waals surface area (Å²) in [6.45, 7) is 0.669. The van der Waals surface area contributed by atoms with Gasteiger partial charge in [-0.1, -0.05) is 12.2 Å². The van der Waals surface area contributed by atoms with Crippen LogP contribution in [0.2, 0.25) is 0 Å². The first-order chi connectivity index (χ1) is 6.29. The molecule has 0 radical (unpaired) electrons. The minimum absolute atomic E-state index is 0.235. The SMILES string of the molecule is O=C(O)C1=CC=CCn2ccnc21. The Balaban J connectivity index is 2.55. The Morgan fingerprint density at radius 1 is 1.62 bits per heavy atom. The number of carboxylic acids is 1. The van der Waals surface area contributed by atoms with Crippen molar-refractivity contribution in [2.45, 2.75) is 6.54 Å². The lowest BCUT2D eigenvalue weighted by Crippen LogP contribution is -2.06. The molecule has 2 rings (SSSR count). The summed E-state index contributed by atoms with van der Waals surface area (Å²) in [5.41, 5.74) is 0.235. The van der Waals surface area contributed by atoms with E-state index in [9.17, 15) is 4.79 Å². The minimum Gasteiger partial charge on any atom is -0.478 e. The summed E-state index contributed by atoms with van der Waals surface area (Å²) in [7, 11) is 0. The van der Waals surface area contributed by atoms with Crippen molar-refractivity contribution >= 4 is 11.5 Å². The van der Waals surface area contributed by atoms with E-state index in [4.69, 9.17) is 5.11 Å². The molecule has 2 heterocycles. The molecule has 1 aliphatic rings. The molecule has 0 unspecified atom stereocenters. The number of aliphatic carboxylic acids is 1. The molecule has 66 valence electrons. The van der Waals surface area contributed by atoms with Gasteiger partial charge in [0.2, 0.25) is 0 Å². The minimum atomic E-state index is -0.945. The second kappa shape index (κ2) is 2.90. The smallest absolute Gasteiger partial charge is 0.339 e. The van der Waals surface area contributed by atoms with Gasteiger partial charge in [0.25, 0.3) is 0 Å². The topological polar surface area (TPSA) is 55.1 Å². The fourth-order valence-electron chi connectivity index (χ4n) is 1.28. The molecule has 0 aliphatic carbocycles. The highest BCUT2D eigenvalue weighted by atomic mass is 16.4. The van der Waals surface area contributed by atoms with Crippen LogP contribution in [0.4, 0.5) is 0 Å². The highest BCUT2D eigenvalue weighted by Gasteiger charge is 2.15. The van der Waals surface area contributed by atoms with Crippen molar-refractivity contribution < 1.29 is 9.90 Å². The molecule has 0 saturated carbocycles. The van der Waals surface area contributed by atoms with E-state index in [0.29, 0.717) is 12.4 Å². The number of imidazole rings is 1. The highest BCUT2D eigenvalue weighted by molar-refractivity contribution is 6.14. The summed E-state index contributed by atoms with van der Waals surface area (Å²) in [5, 5.41) is 8.87. The Morgan fingerprint density at radius 2 is 2.46 bits per heavy atom. The van der Waals surface area contributed by atoms with E-state index >= 15 is 0 Å². The normalized spacial score (nSPS) is 14.6. The first-order valence-electron chi connectivity index (χ1n) is 3.90. The van der Waals surface area contributed by atoms with Crippen LogP contribution in [0.5, 0.6) is 0 Å². The third-order valence-electron chi connectivity index (χ3n) is 1.89. The first kappa shape index (κ1) is 7.79. The molecule has 0 bridgehead atoms. The van der Waals surface area contributed by atoms with Crippen molar-refractivity contribution in [2.75, 3.05) is 0 Å². The van der Waals surface area contributed by atoms with Gasteiger partial charge < -0.3 is 9.67 Å². The van der Waals surface area contributed by atoms with Crippen LogP contribution in [0.1, 0.15) is 5.82 Å². The number of fused-ring (bicyclic) bond motifs is 1. The Hall–Kier alpha value is -1.84. The molecule has 0 atom stereocenters. The van der Waals surface area contributed by atoms with Gasteiger partial charge in [0.1, 0.15) is 11.4 Å². The van der Waals surface area contributed by atoms with Gasteiger partial charge in [-0.05, 0) is 6.08 Å². The van der Waals surface area contributed by atoms with Crippen molar-refractivity contribution in [3.63, 3.8) is 0 Å². The van der Waals surface area contributed by atoms with Crippen LogP contribution >= 0.6 is 0 Å². The van der Waals surface area contributed by atoms with Gasteiger partial charge >= 0.3 is 5.97 Å². The maximum Gasteiger partial charge on any atom is 0.339 e. The Labute approximate surface area is 74.8 Å². The van der Waals surface area contributed by atoms with E-state index in [1.165, 1.54) is 0 Å². The fourth-order valence-corrected chi connectivity index (χ4v) is 1.28. The van der Waals surface area contributed by atoms with Gasteiger partial charge in [0, 0.05) is 18.9 Å². The van der Waals surface area contributed by atoms with E-state index in [2.05, 4.69) is 4.98 Å². The lowest BCUT2D eigenvalue weighted by Gasteiger charge is -2.02. The van der Waals surface area contributed by atoms with Crippen LogP contribution < -0.4 is 0 Å². The number of allylic oxidation sites excluding steroid dienone is 3. The fraction of sp³-hybridized carbons (Fsp3) is 0.111. The van der Waals surface area contributed by atoms with Crippen LogP contribution in [-0.2, 0) is 11.3 Å². The maximum atomic E-state index is 10.8. The highest BCUT2D eigenvalue weighted by Crippen LogP contribution is 2.15. The maximum absolute atomic E-state index is 10.8. The molecule has 0 fully saturated rings. The zero-order valence-electron chi connectivity index (χ0n) is 6.84. The zero-order chi connectivity index (χ0) is 9.26. The monoisotopic (exact) mass is 176 g/mol. The predicted molar refractivity (Wildman–Crippen MR) is 47.0 cm³/mol. The van der Waals surface area contributed by atoms with E-state index in [0.717, 1.165) is 0 Å². The van der Waals surface area contributed by atoms with Crippen molar-refractivity contribution in [3.8, 4) is 0 Å². The van der Waals surface area contributed by atoms with Crippen molar-refractivity contribution in [1.29, 1.82) is 0 Å². The van der Waals surface area contributed by atoms with Crippen LogP contribution in [0, 0.1) is 0 Å². The first-order valence-corrected chi connectivity index (χ1v) is 3.90. The average Bonchev–Trinajstić information content (AvgIpc) is 2.44. The number of rotatable bonds is 1. The number of nitrogens with zero attached hydrogens (tertiary/aromatic N) is 2. The molecule has 0 spiro atoms. The van der Waals surface area contributed by atoms with E-state index in [-0.39, 0.29) is 5.57 Å². The van der Waals surface area contributed by atoms with Crippen molar-refractivity contribution in [3.05, 3.63) is 36.4 Å². The van der Waals surface area contributed by atoms with Gasteiger partial charge in [0.15, 0.2) is 0 Å². The lowest BCUT2D eigenvalue weighted by atomic mass is 10.2. The van der Waals surface area contributed by atoms with Gasteiger partial charge in [0.05, 0.1) is 0 Å². The number of hydrogen-bond acceptors (Lipinski definition) is 2. The molecular weight excluding hydrogens is 168 g/mol. The summed E-state index contributed by atoms with van der Waals surface area (Å²) in [6.07, 6.45) is 8.56. The quantitative estimate of drug-likeness (QED) is 0.692. The molecule has 1 aromatic heterocycles. The molecule has 0 saturated heterocycles. The van der Waals surface area contributed by atoms with Gasteiger partial charge in [-0.25, -0.2) is 9.78 Å². The average molecular weight is 176 g/mol. The predicted octanol–water partition coefficient (Wildman–Crippen LogP) is 0.921. The van der Waals surface area contributed by atoms with Gasteiger partial charge in [-0.15, -0.1) is 0 Å². The number of hydrogen-bond donors (Lipinski definition) is 1. The second-order valence-corrected chi connectivity index (χ2v) is 2.72. The summed E-state index contributed by atoms with van der Waals surface area (Å²) >= 11 is 0. The van der Waals surface area contributed by atoms with Crippen LogP contribution in [0.15, 0.2) is 30.6 Å². The Kier molecular flexibility index (Phi) is 1.73. The van der Waals surface area contributed by atoms with Crippen LogP contribution in [0.3, 0.4) is 0 Å². The Bertz CT molecular complexity index is 402. The van der Waals surface area contributed by atoms with Crippen LogP contribution in [-0.4, -0.2) is 20.6 Å². The molecular formula is C9H8N2O2. The summed E-state index contributed by atoms with van der Waals surface area (Å²) in [5.74, 6) is -0.434. The second-order valence-electron chi connectivity index (χ2n) is 2.72. The molecule has 1 aliphatic heterocycles. The Morgan fingerprint density at radius 3 is 3.23 bits per heavy atom.